The standard InChI is InChI=1S/C21H28N2O3S/c1-22(2)21(25)20-17(16-9-4-5-10-18(16)27-20)14-15-8-6-7-12-23(15)19(24)11-13-26-3/h4-5,9-10,15H,6-8,11-14H2,1-3H3/t15-/m0/s1. The van der Waals surface area contributed by atoms with Crippen LogP contribution in [0.1, 0.15) is 40.9 Å². The Labute approximate surface area is 164 Å². The van der Waals surface area contributed by atoms with Crippen LogP contribution < -0.4 is 0 Å². The molecule has 1 aromatic heterocycles. The van der Waals surface area contributed by atoms with Crippen molar-refractivity contribution < 1.29 is 14.3 Å². The van der Waals surface area contributed by atoms with Gasteiger partial charge in [-0.25, -0.2) is 0 Å². The van der Waals surface area contributed by atoms with Gasteiger partial charge in [-0.15, -0.1) is 11.3 Å². The molecule has 1 fully saturated rings. The summed E-state index contributed by atoms with van der Waals surface area (Å²) in [6.07, 6.45) is 4.30. The van der Waals surface area contributed by atoms with E-state index in [1.807, 2.05) is 17.0 Å². The van der Waals surface area contributed by atoms with Crippen LogP contribution in [0.2, 0.25) is 0 Å². The summed E-state index contributed by atoms with van der Waals surface area (Å²) in [4.78, 5) is 29.9. The van der Waals surface area contributed by atoms with Crippen molar-refractivity contribution in [3.8, 4) is 0 Å². The van der Waals surface area contributed by atoms with E-state index in [1.54, 1.807) is 37.4 Å². The van der Waals surface area contributed by atoms with Gasteiger partial charge in [-0.2, -0.15) is 0 Å². The number of methoxy groups -OCH3 is 1. The maximum Gasteiger partial charge on any atom is 0.263 e. The third-order valence-electron chi connectivity index (χ3n) is 5.21. The molecule has 0 saturated carbocycles. The van der Waals surface area contributed by atoms with Crippen molar-refractivity contribution >= 4 is 33.2 Å². The Morgan fingerprint density at radius 3 is 2.78 bits per heavy atom. The molecule has 2 amide bonds. The zero-order chi connectivity index (χ0) is 19.4. The second kappa shape index (κ2) is 8.85. The minimum atomic E-state index is 0.0410. The molecular weight excluding hydrogens is 360 g/mol. The van der Waals surface area contributed by atoms with E-state index >= 15 is 0 Å². The highest BCUT2D eigenvalue weighted by molar-refractivity contribution is 7.21. The van der Waals surface area contributed by atoms with Gasteiger partial charge in [0.25, 0.3) is 5.91 Å². The van der Waals surface area contributed by atoms with Gasteiger partial charge in [-0.3, -0.25) is 9.59 Å². The van der Waals surface area contributed by atoms with Crippen LogP contribution in [0.15, 0.2) is 24.3 Å². The number of rotatable bonds is 6. The first kappa shape index (κ1) is 19.8. The number of amides is 2. The zero-order valence-electron chi connectivity index (χ0n) is 16.4. The van der Waals surface area contributed by atoms with Crippen LogP contribution in [0.5, 0.6) is 0 Å². The molecule has 6 heteroatoms. The molecule has 27 heavy (non-hydrogen) atoms. The number of likely N-dealkylation sites (tertiary alicyclic amines) is 1. The fourth-order valence-corrected chi connectivity index (χ4v) is 5.04. The lowest BCUT2D eigenvalue weighted by Crippen LogP contribution is -2.45. The van der Waals surface area contributed by atoms with Crippen LogP contribution in [-0.2, 0) is 16.0 Å². The van der Waals surface area contributed by atoms with Crippen molar-refractivity contribution in [1.82, 2.24) is 9.80 Å². The number of nitrogens with zero attached hydrogens (tertiary/aromatic N) is 2. The summed E-state index contributed by atoms with van der Waals surface area (Å²) in [7, 11) is 5.20. The number of thiophene rings is 1. The van der Waals surface area contributed by atoms with Crippen LogP contribution >= 0.6 is 11.3 Å². The second-order valence-electron chi connectivity index (χ2n) is 7.29. The van der Waals surface area contributed by atoms with Gasteiger partial charge in [-0.05, 0) is 42.7 Å². The quantitative estimate of drug-likeness (QED) is 0.760. The molecule has 2 heterocycles. The molecule has 1 atom stereocenters. The summed E-state index contributed by atoms with van der Waals surface area (Å²) in [5.41, 5.74) is 1.09. The molecule has 5 nitrogen and oxygen atoms in total. The molecular formula is C21H28N2O3S. The normalized spacial score (nSPS) is 17.3. The Hall–Kier alpha value is -1.92. The van der Waals surface area contributed by atoms with Crippen molar-refractivity contribution in [2.24, 2.45) is 0 Å². The smallest absolute Gasteiger partial charge is 0.263 e. The van der Waals surface area contributed by atoms with Gasteiger partial charge in [0.2, 0.25) is 5.91 Å². The molecule has 0 N–H and O–H groups in total. The van der Waals surface area contributed by atoms with Gasteiger partial charge in [0.05, 0.1) is 17.9 Å². The number of carbonyl (C=O) groups excluding carboxylic acids is 2. The lowest BCUT2D eigenvalue weighted by Gasteiger charge is -2.36. The van der Waals surface area contributed by atoms with Crippen molar-refractivity contribution in [1.29, 1.82) is 0 Å². The van der Waals surface area contributed by atoms with Crippen LogP contribution in [-0.4, -0.2) is 62.0 Å². The van der Waals surface area contributed by atoms with Gasteiger partial charge in [0.15, 0.2) is 0 Å². The van der Waals surface area contributed by atoms with Crippen molar-refractivity contribution in [3.05, 3.63) is 34.7 Å². The predicted molar refractivity (Wildman–Crippen MR) is 109 cm³/mol. The molecule has 2 aromatic rings. The number of hydrogen-bond acceptors (Lipinski definition) is 4. The number of carbonyl (C=O) groups is 2. The van der Waals surface area contributed by atoms with Crippen molar-refractivity contribution in [2.75, 3.05) is 34.4 Å². The van der Waals surface area contributed by atoms with Crippen LogP contribution in [0, 0.1) is 0 Å². The molecule has 0 unspecified atom stereocenters. The summed E-state index contributed by atoms with van der Waals surface area (Å²) < 4.78 is 6.21. The van der Waals surface area contributed by atoms with Crippen LogP contribution in [0.3, 0.4) is 0 Å². The van der Waals surface area contributed by atoms with Crippen LogP contribution in [0.25, 0.3) is 10.1 Å². The van der Waals surface area contributed by atoms with Gasteiger partial charge in [0, 0.05) is 38.5 Å². The summed E-state index contributed by atoms with van der Waals surface area (Å²) in [6, 6.07) is 8.33. The Balaban J connectivity index is 1.92. The Bertz CT molecular complexity index is 815. The molecule has 0 spiro atoms. The van der Waals surface area contributed by atoms with E-state index in [0.29, 0.717) is 13.0 Å². The molecule has 0 radical (unpaired) electrons. The molecule has 0 bridgehead atoms. The van der Waals surface area contributed by atoms with E-state index in [0.717, 1.165) is 52.8 Å². The highest BCUT2D eigenvalue weighted by atomic mass is 32.1. The number of hydrogen-bond donors (Lipinski definition) is 0. The van der Waals surface area contributed by atoms with Crippen LogP contribution in [0.4, 0.5) is 0 Å². The first-order valence-corrected chi connectivity index (χ1v) is 10.3. The fourth-order valence-electron chi connectivity index (χ4n) is 3.79. The first-order chi connectivity index (χ1) is 13.0. The van der Waals surface area contributed by atoms with E-state index < -0.39 is 0 Å². The molecule has 1 aromatic carbocycles. The van der Waals surface area contributed by atoms with Gasteiger partial charge >= 0.3 is 0 Å². The summed E-state index contributed by atoms with van der Waals surface area (Å²) >= 11 is 1.56. The highest BCUT2D eigenvalue weighted by Crippen LogP contribution is 2.35. The minimum absolute atomic E-state index is 0.0410. The average molecular weight is 389 g/mol. The molecule has 146 valence electrons. The molecule has 3 rings (SSSR count). The Morgan fingerprint density at radius 1 is 1.26 bits per heavy atom. The number of fused-ring (bicyclic) bond motifs is 1. The van der Waals surface area contributed by atoms with E-state index in [1.165, 1.54) is 0 Å². The third-order valence-corrected chi connectivity index (χ3v) is 6.41. The number of ether oxygens (including phenoxy) is 1. The van der Waals surface area contributed by atoms with Gasteiger partial charge in [0.1, 0.15) is 0 Å². The Kier molecular flexibility index (Phi) is 6.50. The number of benzene rings is 1. The lowest BCUT2D eigenvalue weighted by molar-refractivity contribution is -0.135. The van der Waals surface area contributed by atoms with E-state index in [2.05, 4.69) is 12.1 Å². The van der Waals surface area contributed by atoms with E-state index in [9.17, 15) is 9.59 Å². The van der Waals surface area contributed by atoms with Gasteiger partial charge < -0.3 is 14.5 Å². The SMILES string of the molecule is COCCC(=O)N1CCCC[C@H]1Cc1c(C(=O)N(C)C)sc2ccccc12. The highest BCUT2D eigenvalue weighted by Gasteiger charge is 2.29. The zero-order valence-corrected chi connectivity index (χ0v) is 17.2. The lowest BCUT2D eigenvalue weighted by atomic mass is 9.93. The van der Waals surface area contributed by atoms with Crippen molar-refractivity contribution in [3.63, 3.8) is 0 Å². The summed E-state index contributed by atoms with van der Waals surface area (Å²) in [5, 5.41) is 1.14. The third kappa shape index (κ3) is 4.33. The van der Waals surface area contributed by atoms with E-state index in [4.69, 9.17) is 4.74 Å². The summed E-state index contributed by atoms with van der Waals surface area (Å²) in [6.45, 7) is 1.25. The maximum absolute atomic E-state index is 12.8. The monoisotopic (exact) mass is 388 g/mol. The topological polar surface area (TPSA) is 49.9 Å². The largest absolute Gasteiger partial charge is 0.384 e. The maximum atomic E-state index is 12.8. The molecule has 1 saturated heterocycles. The van der Waals surface area contributed by atoms with Crippen molar-refractivity contribution in [2.45, 2.75) is 38.1 Å². The average Bonchev–Trinajstić information content (AvgIpc) is 3.04. The van der Waals surface area contributed by atoms with E-state index in [-0.39, 0.29) is 17.9 Å². The Morgan fingerprint density at radius 2 is 2.04 bits per heavy atom. The van der Waals surface area contributed by atoms with Gasteiger partial charge in [-0.1, -0.05) is 18.2 Å². The second-order valence-corrected chi connectivity index (χ2v) is 8.34. The first-order valence-electron chi connectivity index (χ1n) is 9.53. The fraction of sp³-hybridized carbons (Fsp3) is 0.524. The molecule has 0 aliphatic carbocycles. The number of piperidine rings is 1. The molecule has 1 aliphatic rings. The predicted octanol–water partition coefficient (Wildman–Crippen LogP) is 3.56. The minimum Gasteiger partial charge on any atom is -0.384 e. The molecule has 1 aliphatic heterocycles. The summed E-state index contributed by atoms with van der Waals surface area (Å²) in [5.74, 6) is 0.195.